The summed E-state index contributed by atoms with van der Waals surface area (Å²) in [6, 6.07) is 5.97. The van der Waals surface area contributed by atoms with Crippen LogP contribution < -0.4 is 4.90 Å². The molecule has 162 valence electrons. The summed E-state index contributed by atoms with van der Waals surface area (Å²) in [7, 11) is 3.25. The van der Waals surface area contributed by atoms with Crippen molar-refractivity contribution in [3.63, 3.8) is 0 Å². The molecule has 3 heterocycles. The maximum Gasteiger partial charge on any atom is 0.252 e. The van der Waals surface area contributed by atoms with Crippen molar-refractivity contribution in [2.24, 2.45) is 0 Å². The lowest BCUT2D eigenvalue weighted by atomic mass is 10.0. The zero-order chi connectivity index (χ0) is 21.6. The lowest BCUT2D eigenvalue weighted by Crippen LogP contribution is -2.46. The number of likely N-dealkylation sites (tertiary alicyclic amines) is 1. The Bertz CT molecular complexity index is 625. The summed E-state index contributed by atoms with van der Waals surface area (Å²) in [5, 5.41) is 17.6. The Morgan fingerprint density at radius 2 is 1.86 bits per heavy atom. The average molecular weight is 407 g/mol. The van der Waals surface area contributed by atoms with Gasteiger partial charge in [0.15, 0.2) is 0 Å². The third-order valence-electron chi connectivity index (χ3n) is 4.71. The average Bonchev–Trinajstić information content (AvgIpc) is 3.14. The van der Waals surface area contributed by atoms with Gasteiger partial charge >= 0.3 is 0 Å². The van der Waals surface area contributed by atoms with Crippen molar-refractivity contribution >= 4 is 11.7 Å². The Labute approximate surface area is 174 Å². The van der Waals surface area contributed by atoms with Crippen molar-refractivity contribution in [3.8, 4) is 6.07 Å². The van der Waals surface area contributed by atoms with Crippen LogP contribution in [0.15, 0.2) is 18.3 Å². The second-order valence-corrected chi connectivity index (χ2v) is 6.55. The van der Waals surface area contributed by atoms with E-state index < -0.39 is 6.10 Å². The standard InChI is InChI=1S/C17H22N4O3.C2H6O.C2H6/c18-11-13-1-2-16(19-12-13)20-6-3-14(4-7-20)21-8-5-15(17(21)23)24-10-9-22;1-3-2;1-2/h1-2,12,14-15,22H,3-10H2;1-2H3;1-2H3. The fraction of sp³-hybridized carbons (Fsp3) is 0.667. The van der Waals surface area contributed by atoms with Gasteiger partial charge in [0.2, 0.25) is 0 Å². The number of rotatable bonds is 5. The Morgan fingerprint density at radius 1 is 1.21 bits per heavy atom. The van der Waals surface area contributed by atoms with Crippen LogP contribution in [0, 0.1) is 11.3 Å². The number of methoxy groups -OCH3 is 1. The molecule has 1 unspecified atom stereocenters. The highest BCUT2D eigenvalue weighted by atomic mass is 16.5. The molecular formula is C21H34N4O4. The predicted octanol–water partition coefficient (Wildman–Crippen LogP) is 1.82. The molecule has 8 nitrogen and oxygen atoms in total. The maximum atomic E-state index is 12.4. The number of carbonyl (C=O) groups excluding carboxylic acids is 1. The molecule has 1 N–H and O–H groups in total. The normalized spacial score (nSPS) is 19.0. The summed E-state index contributed by atoms with van der Waals surface area (Å²) in [4.78, 5) is 20.9. The minimum absolute atomic E-state index is 0.0541. The van der Waals surface area contributed by atoms with E-state index in [1.54, 1.807) is 26.5 Å². The summed E-state index contributed by atoms with van der Waals surface area (Å²) < 4.78 is 9.66. The number of anilines is 1. The van der Waals surface area contributed by atoms with Crippen LogP contribution in [0.3, 0.4) is 0 Å². The molecule has 8 heteroatoms. The van der Waals surface area contributed by atoms with E-state index in [4.69, 9.17) is 15.1 Å². The first-order valence-electron chi connectivity index (χ1n) is 10.2. The van der Waals surface area contributed by atoms with E-state index in [2.05, 4.69) is 20.7 Å². The molecule has 0 radical (unpaired) electrons. The molecular weight excluding hydrogens is 372 g/mol. The first-order valence-corrected chi connectivity index (χ1v) is 10.2. The van der Waals surface area contributed by atoms with Gasteiger partial charge in [0.1, 0.15) is 18.0 Å². The number of amides is 1. The second kappa shape index (κ2) is 13.9. The van der Waals surface area contributed by atoms with Crippen molar-refractivity contribution in [1.82, 2.24) is 9.88 Å². The van der Waals surface area contributed by atoms with E-state index in [0.29, 0.717) is 12.0 Å². The zero-order valence-corrected chi connectivity index (χ0v) is 18.0. The molecule has 0 aromatic carbocycles. The number of aliphatic hydroxyl groups excluding tert-OH is 1. The van der Waals surface area contributed by atoms with Crippen molar-refractivity contribution in [1.29, 1.82) is 5.26 Å². The topological polar surface area (TPSA) is 98.9 Å². The van der Waals surface area contributed by atoms with Crippen LogP contribution >= 0.6 is 0 Å². The highest BCUT2D eigenvalue weighted by molar-refractivity contribution is 5.83. The predicted molar refractivity (Wildman–Crippen MR) is 112 cm³/mol. The molecule has 0 bridgehead atoms. The molecule has 0 saturated carbocycles. The Hall–Kier alpha value is -2.21. The molecule has 1 amide bonds. The van der Waals surface area contributed by atoms with E-state index >= 15 is 0 Å². The first-order chi connectivity index (χ1) is 14.1. The molecule has 2 fully saturated rings. The summed E-state index contributed by atoms with van der Waals surface area (Å²) in [5.74, 6) is 0.933. The number of aromatic nitrogens is 1. The minimum Gasteiger partial charge on any atom is -0.394 e. The molecule has 0 spiro atoms. The zero-order valence-electron chi connectivity index (χ0n) is 18.0. The molecule has 1 atom stereocenters. The van der Waals surface area contributed by atoms with Gasteiger partial charge in [0.05, 0.1) is 18.8 Å². The maximum absolute atomic E-state index is 12.4. The summed E-state index contributed by atoms with van der Waals surface area (Å²) in [5.41, 5.74) is 0.560. The van der Waals surface area contributed by atoms with Crippen LogP contribution in [0.2, 0.25) is 0 Å². The van der Waals surface area contributed by atoms with Crippen molar-refractivity contribution in [2.75, 3.05) is 52.0 Å². The second-order valence-electron chi connectivity index (χ2n) is 6.55. The highest BCUT2D eigenvalue weighted by Crippen LogP contribution is 2.25. The number of piperidine rings is 1. The Morgan fingerprint density at radius 3 is 2.38 bits per heavy atom. The number of nitriles is 1. The summed E-state index contributed by atoms with van der Waals surface area (Å²) in [6.45, 7) is 6.58. The van der Waals surface area contributed by atoms with E-state index in [-0.39, 0.29) is 25.2 Å². The Balaban J connectivity index is 0.000000771. The van der Waals surface area contributed by atoms with Crippen LogP contribution in [-0.4, -0.2) is 80.1 Å². The van der Waals surface area contributed by atoms with Gasteiger partial charge in [-0.15, -0.1) is 0 Å². The largest absolute Gasteiger partial charge is 0.394 e. The monoisotopic (exact) mass is 406 g/mol. The van der Waals surface area contributed by atoms with Gasteiger partial charge < -0.3 is 24.4 Å². The number of hydrogen-bond acceptors (Lipinski definition) is 7. The van der Waals surface area contributed by atoms with Gasteiger partial charge in [-0.05, 0) is 25.0 Å². The van der Waals surface area contributed by atoms with E-state index in [1.165, 1.54) is 0 Å². The number of nitrogens with zero attached hydrogens (tertiary/aromatic N) is 4. The third-order valence-corrected chi connectivity index (χ3v) is 4.71. The summed E-state index contributed by atoms with van der Waals surface area (Å²) in [6.07, 6.45) is 3.71. The van der Waals surface area contributed by atoms with Crippen LogP contribution in [0.5, 0.6) is 0 Å². The van der Waals surface area contributed by atoms with Crippen LogP contribution in [0.25, 0.3) is 0 Å². The number of ether oxygens (including phenoxy) is 2. The highest BCUT2D eigenvalue weighted by Gasteiger charge is 2.37. The van der Waals surface area contributed by atoms with Crippen LogP contribution in [0.4, 0.5) is 5.82 Å². The molecule has 3 rings (SSSR count). The van der Waals surface area contributed by atoms with Crippen molar-refractivity contribution in [3.05, 3.63) is 23.9 Å². The summed E-state index contributed by atoms with van der Waals surface area (Å²) >= 11 is 0. The number of aliphatic hydroxyl groups is 1. The van der Waals surface area contributed by atoms with Gasteiger partial charge in [0.25, 0.3) is 5.91 Å². The molecule has 2 aliphatic rings. The fourth-order valence-electron chi connectivity index (χ4n) is 3.43. The Kier molecular flexibility index (Phi) is 11.9. The molecule has 1 aromatic heterocycles. The van der Waals surface area contributed by atoms with Crippen molar-refractivity contribution < 1.29 is 19.4 Å². The van der Waals surface area contributed by atoms with E-state index in [9.17, 15) is 4.79 Å². The first kappa shape index (κ1) is 24.8. The minimum atomic E-state index is -0.393. The lowest BCUT2D eigenvalue weighted by molar-refractivity contribution is -0.139. The van der Waals surface area contributed by atoms with E-state index in [0.717, 1.165) is 38.3 Å². The lowest BCUT2D eigenvalue weighted by Gasteiger charge is -2.37. The van der Waals surface area contributed by atoms with Gasteiger partial charge in [0, 0.05) is 52.5 Å². The SMILES string of the molecule is CC.COC.N#Cc1ccc(N2CCC(N3CCC(OCCO)C3=O)CC2)nc1. The molecule has 2 saturated heterocycles. The number of hydrogen-bond donors (Lipinski definition) is 1. The van der Waals surface area contributed by atoms with Crippen LogP contribution in [-0.2, 0) is 14.3 Å². The molecule has 29 heavy (non-hydrogen) atoms. The molecule has 2 aliphatic heterocycles. The fourth-order valence-corrected chi connectivity index (χ4v) is 3.43. The van der Waals surface area contributed by atoms with Gasteiger partial charge in [-0.3, -0.25) is 4.79 Å². The van der Waals surface area contributed by atoms with Gasteiger partial charge in [-0.2, -0.15) is 5.26 Å². The molecule has 1 aromatic rings. The van der Waals surface area contributed by atoms with Crippen molar-refractivity contribution in [2.45, 2.75) is 45.3 Å². The molecule has 0 aliphatic carbocycles. The number of carbonyl (C=O) groups is 1. The smallest absolute Gasteiger partial charge is 0.252 e. The van der Waals surface area contributed by atoms with Crippen LogP contribution in [0.1, 0.15) is 38.7 Å². The van der Waals surface area contributed by atoms with E-state index in [1.807, 2.05) is 24.8 Å². The van der Waals surface area contributed by atoms with Gasteiger partial charge in [-0.25, -0.2) is 4.98 Å². The third kappa shape index (κ3) is 7.28. The number of pyridine rings is 1. The quantitative estimate of drug-likeness (QED) is 0.796. The van der Waals surface area contributed by atoms with Gasteiger partial charge in [-0.1, -0.05) is 13.8 Å².